The monoisotopic (exact) mass is 338 g/mol. The van der Waals surface area contributed by atoms with Crippen LogP contribution < -0.4 is 5.32 Å². The number of nitrogens with zero attached hydrogens (tertiary/aromatic N) is 1. The molecule has 5 nitrogen and oxygen atoms in total. The van der Waals surface area contributed by atoms with Gasteiger partial charge < -0.3 is 15.0 Å². The summed E-state index contributed by atoms with van der Waals surface area (Å²) in [5.41, 5.74) is 3.18. The van der Waals surface area contributed by atoms with Crippen LogP contribution in [0, 0.1) is 6.92 Å². The molecule has 1 fully saturated rings. The molecule has 3 rings (SSSR count). The molecule has 2 aromatic carbocycles. The summed E-state index contributed by atoms with van der Waals surface area (Å²) in [6, 6.07) is 17.1. The molecule has 2 aromatic rings. The number of hydrogen-bond acceptors (Lipinski definition) is 3. The maximum absolute atomic E-state index is 12.6. The van der Waals surface area contributed by atoms with Crippen molar-refractivity contribution >= 4 is 11.8 Å². The number of carbonyl (C=O) groups is 2. The SMILES string of the molecule is Cc1ccc(CN2C(=O)COC[C@H]2C(=O)NCc2ccccc2)cc1. The zero-order valence-electron chi connectivity index (χ0n) is 14.3. The molecular formula is C20H22N2O3. The van der Waals surface area contributed by atoms with Crippen molar-refractivity contribution in [2.45, 2.75) is 26.1 Å². The highest BCUT2D eigenvalue weighted by Crippen LogP contribution is 2.15. The second kappa shape index (κ2) is 7.94. The molecule has 25 heavy (non-hydrogen) atoms. The summed E-state index contributed by atoms with van der Waals surface area (Å²) >= 11 is 0. The van der Waals surface area contributed by atoms with Crippen LogP contribution in [0.5, 0.6) is 0 Å². The van der Waals surface area contributed by atoms with E-state index in [0.29, 0.717) is 13.1 Å². The van der Waals surface area contributed by atoms with Gasteiger partial charge in [-0.2, -0.15) is 0 Å². The van der Waals surface area contributed by atoms with E-state index in [-0.39, 0.29) is 25.0 Å². The van der Waals surface area contributed by atoms with Gasteiger partial charge in [0.1, 0.15) is 12.6 Å². The number of aryl methyl sites for hydroxylation is 1. The van der Waals surface area contributed by atoms with E-state index in [1.165, 1.54) is 0 Å². The molecule has 5 heteroatoms. The number of amides is 2. The van der Waals surface area contributed by atoms with Crippen LogP contribution in [0.4, 0.5) is 0 Å². The van der Waals surface area contributed by atoms with Gasteiger partial charge in [-0.15, -0.1) is 0 Å². The molecular weight excluding hydrogens is 316 g/mol. The molecule has 1 heterocycles. The van der Waals surface area contributed by atoms with Crippen molar-refractivity contribution in [3.8, 4) is 0 Å². The maximum atomic E-state index is 12.6. The highest BCUT2D eigenvalue weighted by atomic mass is 16.5. The lowest BCUT2D eigenvalue weighted by Gasteiger charge is -2.34. The zero-order valence-corrected chi connectivity index (χ0v) is 14.3. The van der Waals surface area contributed by atoms with E-state index in [2.05, 4.69) is 5.32 Å². The van der Waals surface area contributed by atoms with Gasteiger partial charge in [0, 0.05) is 13.1 Å². The molecule has 0 spiro atoms. The fourth-order valence-electron chi connectivity index (χ4n) is 2.81. The summed E-state index contributed by atoms with van der Waals surface area (Å²) in [7, 11) is 0. The molecule has 0 saturated carbocycles. The molecule has 0 bridgehead atoms. The average molecular weight is 338 g/mol. The highest BCUT2D eigenvalue weighted by Gasteiger charge is 2.33. The standard InChI is InChI=1S/C20H22N2O3/c1-15-7-9-17(10-8-15)12-22-18(13-25-14-19(22)23)20(24)21-11-16-5-3-2-4-6-16/h2-10,18H,11-14H2,1H3,(H,21,24)/t18-/m0/s1. The van der Waals surface area contributed by atoms with Crippen LogP contribution in [-0.2, 0) is 27.4 Å². The highest BCUT2D eigenvalue weighted by molar-refractivity contribution is 5.89. The Morgan fingerprint density at radius 1 is 1.12 bits per heavy atom. The fourth-order valence-corrected chi connectivity index (χ4v) is 2.81. The molecule has 2 amide bonds. The van der Waals surface area contributed by atoms with E-state index in [1.54, 1.807) is 4.90 Å². The van der Waals surface area contributed by atoms with Gasteiger partial charge in [-0.3, -0.25) is 9.59 Å². The maximum Gasteiger partial charge on any atom is 0.249 e. The van der Waals surface area contributed by atoms with Gasteiger partial charge in [0.05, 0.1) is 6.61 Å². The van der Waals surface area contributed by atoms with E-state index in [1.807, 2.05) is 61.5 Å². The smallest absolute Gasteiger partial charge is 0.249 e. The number of benzene rings is 2. The van der Waals surface area contributed by atoms with Crippen LogP contribution in [0.25, 0.3) is 0 Å². The Bertz CT molecular complexity index is 728. The molecule has 0 aliphatic carbocycles. The third kappa shape index (κ3) is 4.45. The van der Waals surface area contributed by atoms with Gasteiger partial charge >= 0.3 is 0 Å². The first kappa shape index (κ1) is 17.2. The molecule has 1 saturated heterocycles. The van der Waals surface area contributed by atoms with E-state index in [9.17, 15) is 9.59 Å². The summed E-state index contributed by atoms with van der Waals surface area (Å²) in [4.78, 5) is 26.5. The van der Waals surface area contributed by atoms with Gasteiger partial charge in [0.15, 0.2) is 0 Å². The Morgan fingerprint density at radius 3 is 2.56 bits per heavy atom. The zero-order chi connectivity index (χ0) is 17.6. The van der Waals surface area contributed by atoms with Crippen molar-refractivity contribution in [2.75, 3.05) is 13.2 Å². The predicted molar refractivity (Wildman–Crippen MR) is 94.6 cm³/mol. The lowest BCUT2D eigenvalue weighted by Crippen LogP contribution is -2.55. The summed E-state index contributed by atoms with van der Waals surface area (Å²) in [5, 5.41) is 2.90. The molecule has 0 radical (unpaired) electrons. The lowest BCUT2D eigenvalue weighted by molar-refractivity contribution is -0.155. The van der Waals surface area contributed by atoms with Gasteiger partial charge in [0.25, 0.3) is 0 Å². The predicted octanol–water partition coefficient (Wildman–Crippen LogP) is 2.04. The van der Waals surface area contributed by atoms with Crippen molar-refractivity contribution in [2.24, 2.45) is 0 Å². The quantitative estimate of drug-likeness (QED) is 0.908. The summed E-state index contributed by atoms with van der Waals surface area (Å²) in [5.74, 6) is -0.351. The van der Waals surface area contributed by atoms with E-state index in [4.69, 9.17) is 4.74 Å². The number of ether oxygens (including phenoxy) is 1. The van der Waals surface area contributed by atoms with E-state index >= 15 is 0 Å². The molecule has 1 aliphatic rings. The molecule has 130 valence electrons. The summed E-state index contributed by atoms with van der Waals surface area (Å²) in [6.07, 6.45) is 0. The Balaban J connectivity index is 1.67. The molecule has 1 atom stereocenters. The molecule has 1 aliphatic heterocycles. The van der Waals surface area contributed by atoms with Crippen LogP contribution in [0.3, 0.4) is 0 Å². The van der Waals surface area contributed by atoms with E-state index < -0.39 is 6.04 Å². The number of rotatable bonds is 5. The van der Waals surface area contributed by atoms with Crippen LogP contribution in [0.15, 0.2) is 54.6 Å². The first-order valence-electron chi connectivity index (χ1n) is 8.38. The largest absolute Gasteiger partial charge is 0.369 e. The molecule has 0 unspecified atom stereocenters. The first-order chi connectivity index (χ1) is 12.1. The normalized spacial score (nSPS) is 17.4. The van der Waals surface area contributed by atoms with Gasteiger partial charge in [-0.05, 0) is 18.1 Å². The number of nitrogens with one attached hydrogen (secondary N) is 1. The minimum absolute atomic E-state index is 0.0221. The van der Waals surface area contributed by atoms with Gasteiger partial charge in [-0.1, -0.05) is 60.2 Å². The van der Waals surface area contributed by atoms with Crippen LogP contribution >= 0.6 is 0 Å². The second-order valence-corrected chi connectivity index (χ2v) is 6.24. The first-order valence-corrected chi connectivity index (χ1v) is 8.38. The van der Waals surface area contributed by atoms with Crippen molar-refractivity contribution in [1.29, 1.82) is 0 Å². The van der Waals surface area contributed by atoms with Gasteiger partial charge in [0.2, 0.25) is 11.8 Å². The minimum Gasteiger partial charge on any atom is -0.369 e. The van der Waals surface area contributed by atoms with Crippen molar-refractivity contribution in [1.82, 2.24) is 10.2 Å². The minimum atomic E-state index is -0.605. The van der Waals surface area contributed by atoms with Crippen LogP contribution in [0.1, 0.15) is 16.7 Å². The molecule has 0 aromatic heterocycles. The lowest BCUT2D eigenvalue weighted by atomic mass is 10.1. The topological polar surface area (TPSA) is 58.6 Å². The summed E-state index contributed by atoms with van der Waals surface area (Å²) in [6.45, 7) is 3.10. The van der Waals surface area contributed by atoms with Crippen LogP contribution in [-0.4, -0.2) is 36.0 Å². The second-order valence-electron chi connectivity index (χ2n) is 6.24. The Hall–Kier alpha value is -2.66. The Kier molecular flexibility index (Phi) is 5.46. The van der Waals surface area contributed by atoms with Crippen molar-refractivity contribution < 1.29 is 14.3 Å². The third-order valence-electron chi connectivity index (χ3n) is 4.28. The number of hydrogen-bond donors (Lipinski definition) is 1. The third-order valence-corrected chi connectivity index (χ3v) is 4.28. The Morgan fingerprint density at radius 2 is 1.84 bits per heavy atom. The van der Waals surface area contributed by atoms with Crippen molar-refractivity contribution in [3.05, 3.63) is 71.3 Å². The average Bonchev–Trinajstić information content (AvgIpc) is 2.64. The number of morpholine rings is 1. The molecule has 1 N–H and O–H groups in total. The van der Waals surface area contributed by atoms with Crippen LogP contribution in [0.2, 0.25) is 0 Å². The fraction of sp³-hybridized carbons (Fsp3) is 0.300. The van der Waals surface area contributed by atoms with E-state index in [0.717, 1.165) is 16.7 Å². The Labute approximate surface area is 147 Å². The van der Waals surface area contributed by atoms with Crippen molar-refractivity contribution in [3.63, 3.8) is 0 Å². The number of carbonyl (C=O) groups excluding carboxylic acids is 2. The van der Waals surface area contributed by atoms with Gasteiger partial charge in [-0.25, -0.2) is 0 Å². The summed E-state index contributed by atoms with van der Waals surface area (Å²) < 4.78 is 5.30.